The normalized spacial score (nSPS) is 10.2. The highest BCUT2D eigenvalue weighted by molar-refractivity contribution is 6.31. The maximum atomic E-state index is 11.8. The van der Waals surface area contributed by atoms with E-state index in [0.29, 0.717) is 23.8 Å². The van der Waals surface area contributed by atoms with Gasteiger partial charge in [-0.05, 0) is 30.7 Å². The minimum absolute atomic E-state index is 0.152. The van der Waals surface area contributed by atoms with Gasteiger partial charge >= 0.3 is 0 Å². The van der Waals surface area contributed by atoms with Gasteiger partial charge in [0.15, 0.2) is 0 Å². The monoisotopic (exact) mass is 333 g/mol. The van der Waals surface area contributed by atoms with Crippen LogP contribution in [-0.2, 0) is 6.54 Å². The highest BCUT2D eigenvalue weighted by Gasteiger charge is 2.17. The van der Waals surface area contributed by atoms with Crippen LogP contribution in [0.1, 0.15) is 22.8 Å². The third-order valence-corrected chi connectivity index (χ3v) is 3.59. The quantitative estimate of drug-likeness (QED) is 0.624. The predicted molar refractivity (Wildman–Crippen MR) is 89.9 cm³/mol. The highest BCUT2D eigenvalue weighted by Crippen LogP contribution is 2.27. The Labute approximate surface area is 138 Å². The zero-order valence-electron chi connectivity index (χ0n) is 12.5. The van der Waals surface area contributed by atoms with Crippen molar-refractivity contribution in [3.05, 3.63) is 68.7 Å². The minimum Gasteiger partial charge on any atom is -0.375 e. The predicted octanol–water partition coefficient (Wildman–Crippen LogP) is 3.61. The molecular formula is C16H16ClN3O3. The smallest absolute Gasteiger partial charge is 0.293 e. The average Bonchev–Trinajstić information content (AvgIpc) is 2.54. The van der Waals surface area contributed by atoms with Gasteiger partial charge in [0.05, 0.1) is 4.92 Å². The molecule has 7 heteroatoms. The number of hydrogen-bond acceptors (Lipinski definition) is 4. The average molecular weight is 334 g/mol. The Balaban J connectivity index is 2.23. The van der Waals surface area contributed by atoms with Crippen LogP contribution in [0, 0.1) is 10.1 Å². The summed E-state index contributed by atoms with van der Waals surface area (Å²) in [5.41, 5.74) is 1.27. The number of carbonyl (C=O) groups is 1. The molecule has 0 fully saturated rings. The zero-order chi connectivity index (χ0) is 16.8. The number of anilines is 1. The summed E-state index contributed by atoms with van der Waals surface area (Å²) in [5.74, 6) is -0.340. The number of nitro benzene ring substituents is 1. The molecule has 2 N–H and O–H groups in total. The zero-order valence-corrected chi connectivity index (χ0v) is 13.3. The molecule has 1 amide bonds. The topological polar surface area (TPSA) is 84.3 Å². The fraction of sp³-hybridized carbons (Fsp3) is 0.188. The maximum Gasteiger partial charge on any atom is 0.293 e. The van der Waals surface area contributed by atoms with E-state index in [1.165, 1.54) is 12.1 Å². The van der Waals surface area contributed by atoms with E-state index in [0.717, 1.165) is 5.56 Å². The maximum absolute atomic E-state index is 11.8. The van der Waals surface area contributed by atoms with Gasteiger partial charge in [-0.2, -0.15) is 0 Å². The number of amides is 1. The Morgan fingerprint density at radius 3 is 2.65 bits per heavy atom. The van der Waals surface area contributed by atoms with Crippen LogP contribution in [0.25, 0.3) is 0 Å². The summed E-state index contributed by atoms with van der Waals surface area (Å²) in [5, 5.41) is 17.4. The standard InChI is InChI=1S/C16H16ClN3O3/c1-2-18-16(21)11-7-8-14(15(9-11)20(22)23)19-10-12-5-3-4-6-13(12)17/h3-9,19H,2,10H2,1H3,(H,18,21). The molecule has 0 radical (unpaired) electrons. The number of carbonyl (C=O) groups excluding carboxylic acids is 1. The van der Waals surface area contributed by atoms with Crippen LogP contribution in [0.2, 0.25) is 5.02 Å². The van der Waals surface area contributed by atoms with Crippen LogP contribution in [-0.4, -0.2) is 17.4 Å². The van der Waals surface area contributed by atoms with Gasteiger partial charge in [-0.25, -0.2) is 0 Å². The fourth-order valence-electron chi connectivity index (χ4n) is 2.07. The van der Waals surface area contributed by atoms with Crippen molar-refractivity contribution in [1.82, 2.24) is 5.32 Å². The second-order valence-electron chi connectivity index (χ2n) is 4.79. The molecule has 2 aromatic carbocycles. The third-order valence-electron chi connectivity index (χ3n) is 3.22. The SMILES string of the molecule is CCNC(=O)c1ccc(NCc2ccccc2Cl)c([N+](=O)[O-])c1. The molecule has 2 aromatic rings. The molecule has 0 heterocycles. The van der Waals surface area contributed by atoms with E-state index < -0.39 is 4.92 Å². The number of hydrogen-bond donors (Lipinski definition) is 2. The van der Waals surface area contributed by atoms with Crippen LogP contribution >= 0.6 is 11.6 Å². The largest absolute Gasteiger partial charge is 0.375 e. The summed E-state index contributed by atoms with van der Waals surface area (Å²) in [6, 6.07) is 11.6. The summed E-state index contributed by atoms with van der Waals surface area (Å²) >= 11 is 6.07. The molecule has 0 spiro atoms. The molecular weight excluding hydrogens is 318 g/mol. The lowest BCUT2D eigenvalue weighted by Gasteiger charge is -2.10. The molecule has 2 rings (SSSR count). The molecule has 23 heavy (non-hydrogen) atoms. The molecule has 0 aromatic heterocycles. The van der Waals surface area contributed by atoms with Crippen molar-refractivity contribution in [1.29, 1.82) is 0 Å². The van der Waals surface area contributed by atoms with Crippen LogP contribution in [0.3, 0.4) is 0 Å². The number of nitrogens with zero attached hydrogens (tertiary/aromatic N) is 1. The van der Waals surface area contributed by atoms with Crippen LogP contribution in [0.5, 0.6) is 0 Å². The summed E-state index contributed by atoms with van der Waals surface area (Å²) < 4.78 is 0. The summed E-state index contributed by atoms with van der Waals surface area (Å²) in [6.45, 7) is 2.59. The van der Waals surface area contributed by atoms with Crippen molar-refractivity contribution >= 4 is 28.9 Å². The van der Waals surface area contributed by atoms with Crippen molar-refractivity contribution in [3.63, 3.8) is 0 Å². The summed E-state index contributed by atoms with van der Waals surface area (Å²) in [4.78, 5) is 22.5. The summed E-state index contributed by atoms with van der Waals surface area (Å²) in [7, 11) is 0. The lowest BCUT2D eigenvalue weighted by atomic mass is 10.1. The molecule has 0 aliphatic heterocycles. The van der Waals surface area contributed by atoms with Crippen LogP contribution in [0.4, 0.5) is 11.4 Å². The molecule has 0 aliphatic rings. The van der Waals surface area contributed by atoms with Gasteiger partial charge in [0.25, 0.3) is 11.6 Å². The molecule has 0 atom stereocenters. The third kappa shape index (κ3) is 4.20. The molecule has 6 nitrogen and oxygen atoms in total. The van der Waals surface area contributed by atoms with E-state index in [2.05, 4.69) is 10.6 Å². The van der Waals surface area contributed by atoms with Crippen molar-refractivity contribution < 1.29 is 9.72 Å². The lowest BCUT2D eigenvalue weighted by Crippen LogP contribution is -2.22. The Bertz CT molecular complexity index is 734. The van der Waals surface area contributed by atoms with Gasteiger partial charge in [0.1, 0.15) is 5.69 Å². The van der Waals surface area contributed by atoms with E-state index in [1.54, 1.807) is 19.1 Å². The molecule has 0 bridgehead atoms. The Kier molecular flexibility index (Phi) is 5.54. The minimum atomic E-state index is -0.516. The second-order valence-corrected chi connectivity index (χ2v) is 5.20. The molecule has 0 unspecified atom stereocenters. The molecule has 0 saturated heterocycles. The Hall–Kier alpha value is -2.60. The van der Waals surface area contributed by atoms with Crippen molar-refractivity contribution in [2.24, 2.45) is 0 Å². The van der Waals surface area contributed by atoms with Crippen LogP contribution in [0.15, 0.2) is 42.5 Å². The van der Waals surface area contributed by atoms with Gasteiger partial charge in [-0.3, -0.25) is 14.9 Å². The first-order chi connectivity index (χ1) is 11.0. The first-order valence-corrected chi connectivity index (χ1v) is 7.44. The number of rotatable bonds is 6. The first-order valence-electron chi connectivity index (χ1n) is 7.07. The van der Waals surface area contributed by atoms with E-state index in [9.17, 15) is 14.9 Å². The molecule has 0 aliphatic carbocycles. The Morgan fingerprint density at radius 1 is 1.26 bits per heavy atom. The second kappa shape index (κ2) is 7.60. The lowest BCUT2D eigenvalue weighted by molar-refractivity contribution is -0.384. The Morgan fingerprint density at radius 2 is 2.00 bits per heavy atom. The van der Waals surface area contributed by atoms with Gasteiger partial charge in [-0.1, -0.05) is 29.8 Å². The number of nitro groups is 1. The fourth-order valence-corrected chi connectivity index (χ4v) is 2.27. The van der Waals surface area contributed by atoms with Gasteiger partial charge in [0, 0.05) is 29.7 Å². The molecule has 0 saturated carbocycles. The van der Waals surface area contributed by atoms with E-state index >= 15 is 0 Å². The number of halogens is 1. The van der Waals surface area contributed by atoms with Crippen molar-refractivity contribution in [2.45, 2.75) is 13.5 Å². The van der Waals surface area contributed by atoms with Crippen LogP contribution < -0.4 is 10.6 Å². The van der Waals surface area contributed by atoms with Crippen molar-refractivity contribution in [3.8, 4) is 0 Å². The first kappa shape index (κ1) is 16.8. The number of nitrogens with one attached hydrogen (secondary N) is 2. The number of benzene rings is 2. The van der Waals surface area contributed by atoms with Gasteiger partial charge in [0.2, 0.25) is 0 Å². The molecule has 120 valence electrons. The van der Waals surface area contributed by atoms with E-state index in [-0.39, 0.29) is 17.2 Å². The van der Waals surface area contributed by atoms with E-state index in [4.69, 9.17) is 11.6 Å². The van der Waals surface area contributed by atoms with Crippen molar-refractivity contribution in [2.75, 3.05) is 11.9 Å². The summed E-state index contributed by atoms with van der Waals surface area (Å²) in [6.07, 6.45) is 0. The highest BCUT2D eigenvalue weighted by atomic mass is 35.5. The van der Waals surface area contributed by atoms with Gasteiger partial charge < -0.3 is 10.6 Å². The van der Waals surface area contributed by atoms with Gasteiger partial charge in [-0.15, -0.1) is 0 Å². The van der Waals surface area contributed by atoms with E-state index in [1.807, 2.05) is 18.2 Å².